The molecule has 0 spiro atoms. The Morgan fingerprint density at radius 2 is 1.91 bits per heavy atom. The third-order valence-corrected chi connectivity index (χ3v) is 5.19. The van der Waals surface area contributed by atoms with Crippen LogP contribution >= 0.6 is 0 Å². The Morgan fingerprint density at radius 3 is 2.45 bits per heavy atom. The van der Waals surface area contributed by atoms with E-state index in [4.69, 9.17) is 4.74 Å². The number of aliphatic hydroxyl groups excluding tert-OH is 1. The Balaban J connectivity index is 3.01. The molecule has 0 saturated heterocycles. The normalized spacial score (nSPS) is 14.7. The molecule has 0 aliphatic heterocycles. The Labute approximate surface area is 131 Å². The number of esters is 1. The van der Waals surface area contributed by atoms with E-state index in [0.29, 0.717) is 6.42 Å². The van der Waals surface area contributed by atoms with Crippen LogP contribution in [0.3, 0.4) is 0 Å². The van der Waals surface area contributed by atoms with Crippen LogP contribution in [0.2, 0.25) is 0 Å². The molecule has 1 aromatic carbocycles. The number of aliphatic hydroxyl groups is 1. The van der Waals surface area contributed by atoms with Crippen molar-refractivity contribution in [2.24, 2.45) is 0 Å². The second-order valence-corrected chi connectivity index (χ2v) is 7.10. The lowest BCUT2D eigenvalue weighted by molar-refractivity contribution is -0.137. The van der Waals surface area contributed by atoms with Gasteiger partial charge in [-0.3, -0.25) is 0 Å². The summed E-state index contributed by atoms with van der Waals surface area (Å²) in [5, 5.41) is 8.51. The first-order valence-corrected chi connectivity index (χ1v) is 8.74. The van der Waals surface area contributed by atoms with Crippen molar-refractivity contribution in [3.63, 3.8) is 0 Å². The number of hydrogen-bond donors (Lipinski definition) is 1. The van der Waals surface area contributed by atoms with E-state index < -0.39 is 27.2 Å². The molecule has 1 aromatic rings. The van der Waals surface area contributed by atoms with Crippen LogP contribution in [-0.2, 0) is 19.4 Å². The summed E-state index contributed by atoms with van der Waals surface area (Å²) in [6.45, 7) is 3.51. The van der Waals surface area contributed by atoms with E-state index in [1.807, 2.05) is 0 Å². The van der Waals surface area contributed by atoms with Gasteiger partial charge in [0.2, 0.25) is 0 Å². The standard InChI is InChI=1S/C16H22O5S/c1-3-21-16(18)12-11-15(10-9-13(2)17)22(19,20)14-7-5-4-6-8-14/h4-8,11-13,15,17H,3,9-10H2,1-2H3/b12-11+. The Bertz CT molecular complexity index is 590. The molecule has 2 atom stereocenters. The van der Waals surface area contributed by atoms with Gasteiger partial charge in [0.15, 0.2) is 9.84 Å². The predicted octanol–water partition coefficient (Wildman–Crippen LogP) is 2.11. The van der Waals surface area contributed by atoms with Gasteiger partial charge in [-0.25, -0.2) is 13.2 Å². The summed E-state index contributed by atoms with van der Waals surface area (Å²) in [4.78, 5) is 11.6. The molecular weight excluding hydrogens is 304 g/mol. The van der Waals surface area contributed by atoms with Crippen LogP contribution in [0.25, 0.3) is 0 Å². The van der Waals surface area contributed by atoms with Gasteiger partial charge in [-0.15, -0.1) is 0 Å². The van der Waals surface area contributed by atoms with Crippen molar-refractivity contribution in [1.29, 1.82) is 0 Å². The maximum Gasteiger partial charge on any atom is 0.330 e. The molecule has 122 valence electrons. The molecule has 0 aliphatic carbocycles. The first-order valence-electron chi connectivity index (χ1n) is 7.20. The molecule has 1 N–H and O–H groups in total. The highest BCUT2D eigenvalue weighted by Crippen LogP contribution is 2.21. The molecule has 5 nitrogen and oxygen atoms in total. The summed E-state index contributed by atoms with van der Waals surface area (Å²) in [7, 11) is -3.61. The maximum atomic E-state index is 12.6. The zero-order valence-corrected chi connectivity index (χ0v) is 13.6. The summed E-state index contributed by atoms with van der Waals surface area (Å²) in [6.07, 6.45) is 2.41. The zero-order valence-electron chi connectivity index (χ0n) is 12.8. The third-order valence-electron chi connectivity index (χ3n) is 3.07. The maximum absolute atomic E-state index is 12.6. The van der Waals surface area contributed by atoms with Gasteiger partial charge in [-0.05, 0) is 38.8 Å². The fourth-order valence-corrected chi connectivity index (χ4v) is 3.54. The number of rotatable bonds is 8. The molecule has 0 saturated carbocycles. The summed E-state index contributed by atoms with van der Waals surface area (Å²) in [5.74, 6) is -0.576. The molecule has 0 heterocycles. The summed E-state index contributed by atoms with van der Waals surface area (Å²) < 4.78 is 30.0. The minimum absolute atomic E-state index is 0.194. The van der Waals surface area contributed by atoms with Crippen molar-refractivity contribution in [3.8, 4) is 0 Å². The van der Waals surface area contributed by atoms with Crippen LogP contribution in [-0.4, -0.2) is 37.5 Å². The average molecular weight is 326 g/mol. The third kappa shape index (κ3) is 5.61. The summed E-state index contributed by atoms with van der Waals surface area (Å²) >= 11 is 0. The van der Waals surface area contributed by atoms with Crippen molar-refractivity contribution < 1.29 is 23.1 Å². The Morgan fingerprint density at radius 1 is 1.27 bits per heavy atom. The van der Waals surface area contributed by atoms with Gasteiger partial charge >= 0.3 is 5.97 Å². The van der Waals surface area contributed by atoms with Crippen LogP contribution in [0.1, 0.15) is 26.7 Å². The van der Waals surface area contributed by atoms with E-state index in [1.54, 1.807) is 32.0 Å². The molecule has 22 heavy (non-hydrogen) atoms. The second-order valence-electron chi connectivity index (χ2n) is 4.93. The van der Waals surface area contributed by atoms with Gasteiger partial charge in [-0.1, -0.05) is 24.3 Å². The van der Waals surface area contributed by atoms with E-state index in [2.05, 4.69) is 0 Å². The molecule has 6 heteroatoms. The van der Waals surface area contributed by atoms with E-state index in [1.165, 1.54) is 18.2 Å². The van der Waals surface area contributed by atoms with Crippen LogP contribution in [0.5, 0.6) is 0 Å². The topological polar surface area (TPSA) is 80.7 Å². The Kier molecular flexibility index (Phi) is 7.27. The summed E-state index contributed by atoms with van der Waals surface area (Å²) in [5.41, 5.74) is 0. The van der Waals surface area contributed by atoms with Gasteiger partial charge in [-0.2, -0.15) is 0 Å². The number of benzene rings is 1. The van der Waals surface area contributed by atoms with Crippen LogP contribution in [0, 0.1) is 0 Å². The van der Waals surface area contributed by atoms with E-state index in [-0.39, 0.29) is 17.9 Å². The highest BCUT2D eigenvalue weighted by molar-refractivity contribution is 7.92. The first-order chi connectivity index (χ1) is 10.4. The average Bonchev–Trinajstić information content (AvgIpc) is 2.47. The van der Waals surface area contributed by atoms with Crippen molar-refractivity contribution in [3.05, 3.63) is 42.5 Å². The molecule has 0 bridgehead atoms. The molecule has 1 rings (SSSR count). The quantitative estimate of drug-likeness (QED) is 0.584. The zero-order chi connectivity index (χ0) is 16.6. The van der Waals surface area contributed by atoms with Crippen molar-refractivity contribution in [1.82, 2.24) is 0 Å². The fraction of sp³-hybridized carbons (Fsp3) is 0.438. The lowest BCUT2D eigenvalue weighted by Crippen LogP contribution is -2.21. The molecule has 0 aliphatic rings. The molecular formula is C16H22O5S. The van der Waals surface area contributed by atoms with Crippen molar-refractivity contribution >= 4 is 15.8 Å². The van der Waals surface area contributed by atoms with Gasteiger partial charge in [0.05, 0.1) is 22.9 Å². The van der Waals surface area contributed by atoms with Crippen molar-refractivity contribution in [2.45, 2.75) is 42.9 Å². The predicted molar refractivity (Wildman–Crippen MR) is 84.1 cm³/mol. The van der Waals surface area contributed by atoms with E-state index in [0.717, 1.165) is 6.08 Å². The first kappa shape index (κ1) is 18.4. The minimum Gasteiger partial charge on any atom is -0.463 e. The number of hydrogen-bond acceptors (Lipinski definition) is 5. The molecule has 0 fully saturated rings. The lowest BCUT2D eigenvalue weighted by Gasteiger charge is -2.15. The van der Waals surface area contributed by atoms with Crippen molar-refractivity contribution in [2.75, 3.05) is 6.61 Å². The second kappa shape index (κ2) is 8.70. The molecule has 0 amide bonds. The van der Waals surface area contributed by atoms with Crippen LogP contribution < -0.4 is 0 Å². The largest absolute Gasteiger partial charge is 0.463 e. The van der Waals surface area contributed by atoms with Gasteiger partial charge in [0.1, 0.15) is 0 Å². The van der Waals surface area contributed by atoms with Crippen LogP contribution in [0.4, 0.5) is 0 Å². The smallest absolute Gasteiger partial charge is 0.330 e. The molecule has 2 unspecified atom stereocenters. The number of ether oxygens (including phenoxy) is 1. The Hall–Kier alpha value is -1.66. The number of carbonyl (C=O) groups is 1. The molecule has 0 radical (unpaired) electrons. The lowest BCUT2D eigenvalue weighted by atomic mass is 10.1. The van der Waals surface area contributed by atoms with E-state index >= 15 is 0 Å². The monoisotopic (exact) mass is 326 g/mol. The van der Waals surface area contributed by atoms with Gasteiger partial charge in [0.25, 0.3) is 0 Å². The van der Waals surface area contributed by atoms with Gasteiger partial charge in [0, 0.05) is 6.08 Å². The summed E-state index contributed by atoms with van der Waals surface area (Å²) in [6, 6.07) is 8.06. The van der Waals surface area contributed by atoms with Crippen LogP contribution in [0.15, 0.2) is 47.4 Å². The SMILES string of the molecule is CCOC(=O)/C=C/C(CCC(C)O)S(=O)(=O)c1ccccc1. The fourth-order valence-electron chi connectivity index (χ4n) is 1.92. The number of sulfone groups is 1. The number of carbonyl (C=O) groups excluding carboxylic acids is 1. The minimum atomic E-state index is -3.61. The highest BCUT2D eigenvalue weighted by Gasteiger charge is 2.25. The van der Waals surface area contributed by atoms with E-state index in [9.17, 15) is 18.3 Å². The highest BCUT2D eigenvalue weighted by atomic mass is 32.2. The van der Waals surface area contributed by atoms with Gasteiger partial charge < -0.3 is 9.84 Å². The molecule has 0 aromatic heterocycles.